The van der Waals surface area contributed by atoms with E-state index in [0.717, 1.165) is 36.4 Å². The Labute approximate surface area is 154 Å². The standard InChI is InChI=1S/C20H28N2O4/c1-14(11-20(24)22(2)12-15-5-4-10-25-15)13-26-18-7-3-6-17-16(18)8-9-19(23)21-17/h3,6-7,14-15H,4-5,8-13H2,1-2H3,(H,21,23). The van der Waals surface area contributed by atoms with Crippen LogP contribution in [0.3, 0.4) is 0 Å². The third-order valence-electron chi connectivity index (χ3n) is 4.98. The van der Waals surface area contributed by atoms with Gasteiger partial charge in [0.15, 0.2) is 0 Å². The smallest absolute Gasteiger partial charge is 0.224 e. The van der Waals surface area contributed by atoms with Crippen molar-refractivity contribution >= 4 is 17.5 Å². The summed E-state index contributed by atoms with van der Waals surface area (Å²) in [6.07, 6.45) is 3.92. The normalized spacial score (nSPS) is 20.2. The zero-order valence-electron chi connectivity index (χ0n) is 15.6. The summed E-state index contributed by atoms with van der Waals surface area (Å²) in [5.74, 6) is 1.08. The topological polar surface area (TPSA) is 67.9 Å². The lowest BCUT2D eigenvalue weighted by atomic mass is 10.0. The third kappa shape index (κ3) is 4.75. The molecule has 0 spiro atoms. The number of ether oxygens (including phenoxy) is 2. The van der Waals surface area contributed by atoms with Crippen LogP contribution in [-0.2, 0) is 20.7 Å². The summed E-state index contributed by atoms with van der Waals surface area (Å²) in [5, 5.41) is 2.88. The number of fused-ring (bicyclic) bond motifs is 1. The molecular formula is C20H28N2O4. The largest absolute Gasteiger partial charge is 0.493 e. The molecule has 0 aliphatic carbocycles. The zero-order valence-corrected chi connectivity index (χ0v) is 15.6. The highest BCUT2D eigenvalue weighted by Gasteiger charge is 2.22. The lowest BCUT2D eigenvalue weighted by Crippen LogP contribution is -2.35. The maximum absolute atomic E-state index is 12.4. The molecule has 6 nitrogen and oxygen atoms in total. The van der Waals surface area contributed by atoms with Crippen LogP contribution in [0.2, 0.25) is 0 Å². The molecule has 1 saturated heterocycles. The van der Waals surface area contributed by atoms with Gasteiger partial charge in [-0.15, -0.1) is 0 Å². The molecule has 26 heavy (non-hydrogen) atoms. The highest BCUT2D eigenvalue weighted by Crippen LogP contribution is 2.31. The summed E-state index contributed by atoms with van der Waals surface area (Å²) in [7, 11) is 1.84. The summed E-state index contributed by atoms with van der Waals surface area (Å²) >= 11 is 0. The molecule has 2 amide bonds. The quantitative estimate of drug-likeness (QED) is 0.812. The van der Waals surface area contributed by atoms with Crippen LogP contribution in [-0.4, -0.2) is 49.6 Å². The number of amides is 2. The molecule has 1 aromatic rings. The van der Waals surface area contributed by atoms with Crippen LogP contribution in [0.4, 0.5) is 5.69 Å². The van der Waals surface area contributed by atoms with E-state index in [1.54, 1.807) is 4.90 Å². The van der Waals surface area contributed by atoms with Gasteiger partial charge in [-0.1, -0.05) is 13.0 Å². The second-order valence-electron chi connectivity index (χ2n) is 7.36. The van der Waals surface area contributed by atoms with Gasteiger partial charge in [0.05, 0.1) is 12.7 Å². The van der Waals surface area contributed by atoms with Crippen molar-refractivity contribution in [1.29, 1.82) is 0 Å². The zero-order chi connectivity index (χ0) is 18.5. The molecule has 0 aromatic heterocycles. The number of carbonyl (C=O) groups excluding carboxylic acids is 2. The maximum Gasteiger partial charge on any atom is 0.224 e. The van der Waals surface area contributed by atoms with E-state index < -0.39 is 0 Å². The van der Waals surface area contributed by atoms with Gasteiger partial charge in [0.2, 0.25) is 11.8 Å². The second-order valence-corrected chi connectivity index (χ2v) is 7.36. The third-order valence-corrected chi connectivity index (χ3v) is 4.98. The number of nitrogens with one attached hydrogen (secondary N) is 1. The maximum atomic E-state index is 12.4. The summed E-state index contributed by atoms with van der Waals surface area (Å²) < 4.78 is 11.6. The van der Waals surface area contributed by atoms with E-state index in [1.165, 1.54) is 0 Å². The molecular weight excluding hydrogens is 332 g/mol. The Kier molecular flexibility index (Phi) is 6.14. The highest BCUT2D eigenvalue weighted by atomic mass is 16.5. The number of carbonyl (C=O) groups is 2. The predicted octanol–water partition coefficient (Wildman–Crippen LogP) is 2.61. The van der Waals surface area contributed by atoms with Gasteiger partial charge in [0, 0.05) is 44.3 Å². The minimum atomic E-state index is 0.0443. The van der Waals surface area contributed by atoms with Gasteiger partial charge in [-0.3, -0.25) is 9.59 Å². The fraction of sp³-hybridized carbons (Fsp3) is 0.600. The summed E-state index contributed by atoms with van der Waals surface area (Å²) in [6.45, 7) is 3.97. The first kappa shape index (κ1) is 18.7. The Hall–Kier alpha value is -2.08. The average molecular weight is 360 g/mol. The molecule has 1 fully saturated rings. The molecule has 2 aliphatic heterocycles. The number of benzene rings is 1. The molecule has 2 unspecified atom stereocenters. The van der Waals surface area contributed by atoms with E-state index in [0.29, 0.717) is 32.4 Å². The number of likely N-dealkylation sites (N-methyl/N-ethyl adjacent to an activating group) is 1. The lowest BCUT2D eigenvalue weighted by molar-refractivity contribution is -0.132. The number of anilines is 1. The lowest BCUT2D eigenvalue weighted by Gasteiger charge is -2.23. The van der Waals surface area contributed by atoms with Crippen LogP contribution in [0.15, 0.2) is 18.2 Å². The monoisotopic (exact) mass is 360 g/mol. The van der Waals surface area contributed by atoms with Crippen LogP contribution in [0.25, 0.3) is 0 Å². The summed E-state index contributed by atoms with van der Waals surface area (Å²) in [5.41, 5.74) is 1.87. The SMILES string of the molecule is CC(COc1cccc2c1CCC(=O)N2)CC(=O)N(C)CC1CCCO1. The Bertz CT molecular complexity index is 655. The number of hydrogen-bond donors (Lipinski definition) is 1. The van der Waals surface area contributed by atoms with E-state index >= 15 is 0 Å². The summed E-state index contributed by atoms with van der Waals surface area (Å²) in [6, 6.07) is 5.70. The van der Waals surface area contributed by atoms with Gasteiger partial charge >= 0.3 is 0 Å². The molecule has 0 bridgehead atoms. The Morgan fingerprint density at radius 2 is 2.27 bits per heavy atom. The first-order valence-electron chi connectivity index (χ1n) is 9.43. The van der Waals surface area contributed by atoms with Crippen molar-refractivity contribution in [3.05, 3.63) is 23.8 Å². The first-order valence-corrected chi connectivity index (χ1v) is 9.43. The molecule has 2 atom stereocenters. The van der Waals surface area contributed by atoms with Crippen molar-refractivity contribution in [2.75, 3.05) is 32.1 Å². The van der Waals surface area contributed by atoms with E-state index in [4.69, 9.17) is 9.47 Å². The van der Waals surface area contributed by atoms with Crippen molar-refractivity contribution in [2.45, 2.75) is 45.1 Å². The highest BCUT2D eigenvalue weighted by molar-refractivity contribution is 5.94. The van der Waals surface area contributed by atoms with Gasteiger partial charge < -0.3 is 19.7 Å². The van der Waals surface area contributed by atoms with Gasteiger partial charge in [0.25, 0.3) is 0 Å². The van der Waals surface area contributed by atoms with Crippen LogP contribution in [0.5, 0.6) is 5.75 Å². The van der Waals surface area contributed by atoms with Crippen molar-refractivity contribution in [3.8, 4) is 5.75 Å². The molecule has 6 heteroatoms. The van der Waals surface area contributed by atoms with Crippen molar-refractivity contribution in [3.63, 3.8) is 0 Å². The molecule has 3 rings (SSSR count). The van der Waals surface area contributed by atoms with Crippen molar-refractivity contribution in [2.24, 2.45) is 5.92 Å². The van der Waals surface area contributed by atoms with E-state index in [2.05, 4.69) is 5.32 Å². The van der Waals surface area contributed by atoms with Gasteiger partial charge in [-0.2, -0.15) is 0 Å². The number of nitrogens with zero attached hydrogens (tertiary/aromatic N) is 1. The Balaban J connectivity index is 1.48. The molecule has 0 radical (unpaired) electrons. The van der Waals surface area contributed by atoms with Gasteiger partial charge in [0.1, 0.15) is 5.75 Å². The minimum absolute atomic E-state index is 0.0443. The Morgan fingerprint density at radius 1 is 1.42 bits per heavy atom. The van der Waals surface area contributed by atoms with Crippen LogP contribution < -0.4 is 10.1 Å². The Morgan fingerprint density at radius 3 is 3.04 bits per heavy atom. The number of rotatable bonds is 7. The number of hydrogen-bond acceptors (Lipinski definition) is 4. The van der Waals surface area contributed by atoms with E-state index in [9.17, 15) is 9.59 Å². The second kappa shape index (κ2) is 8.54. The van der Waals surface area contributed by atoms with Gasteiger partial charge in [-0.25, -0.2) is 0 Å². The fourth-order valence-corrected chi connectivity index (χ4v) is 3.47. The van der Waals surface area contributed by atoms with E-state index in [1.807, 2.05) is 32.2 Å². The van der Waals surface area contributed by atoms with Crippen molar-refractivity contribution < 1.29 is 19.1 Å². The fourth-order valence-electron chi connectivity index (χ4n) is 3.47. The van der Waals surface area contributed by atoms with Crippen molar-refractivity contribution in [1.82, 2.24) is 4.90 Å². The molecule has 2 aliphatic rings. The molecule has 1 aromatic carbocycles. The first-order chi connectivity index (χ1) is 12.5. The van der Waals surface area contributed by atoms with E-state index in [-0.39, 0.29) is 23.8 Å². The predicted molar refractivity (Wildman–Crippen MR) is 99.3 cm³/mol. The average Bonchev–Trinajstić information content (AvgIpc) is 3.12. The van der Waals surface area contributed by atoms with Gasteiger partial charge in [-0.05, 0) is 37.3 Å². The molecule has 1 N–H and O–H groups in total. The molecule has 0 saturated carbocycles. The van der Waals surface area contributed by atoms with Crippen LogP contribution >= 0.6 is 0 Å². The minimum Gasteiger partial charge on any atom is -0.493 e. The van der Waals surface area contributed by atoms with Crippen LogP contribution in [0, 0.1) is 5.92 Å². The molecule has 2 heterocycles. The van der Waals surface area contributed by atoms with Crippen LogP contribution in [0.1, 0.15) is 38.2 Å². The molecule has 142 valence electrons. The summed E-state index contributed by atoms with van der Waals surface area (Å²) in [4.78, 5) is 25.7.